The number of H-pyrrole nitrogens is 1. The maximum absolute atomic E-state index is 13.7. The molecule has 1 aromatic carbocycles. The minimum Gasteiger partial charge on any atom is -0.346 e. The molecule has 0 bridgehead atoms. The number of benzene rings is 1. The molecule has 0 radical (unpaired) electrons. The third-order valence-corrected chi connectivity index (χ3v) is 2.90. The van der Waals surface area contributed by atoms with Crippen molar-refractivity contribution in [2.45, 2.75) is 6.54 Å². The maximum atomic E-state index is 13.7. The number of aromatic amines is 1. The largest absolute Gasteiger partial charge is 0.346 e. The van der Waals surface area contributed by atoms with Gasteiger partial charge in [0.1, 0.15) is 17.8 Å². The molecule has 2 aromatic heterocycles. The first-order valence-electron chi connectivity index (χ1n) is 5.56. The van der Waals surface area contributed by atoms with Gasteiger partial charge in [0.25, 0.3) is 0 Å². The fourth-order valence-electron chi connectivity index (χ4n) is 1.96. The summed E-state index contributed by atoms with van der Waals surface area (Å²) in [6, 6.07) is 6.84. The number of hydrogen-bond donors (Lipinski definition) is 2. The summed E-state index contributed by atoms with van der Waals surface area (Å²) in [5.41, 5.74) is 8.11. The van der Waals surface area contributed by atoms with Gasteiger partial charge in [-0.3, -0.25) is 0 Å². The van der Waals surface area contributed by atoms with E-state index < -0.39 is 0 Å². The normalized spacial score (nSPS) is 11.0. The molecule has 3 N–H and O–H groups in total. The molecule has 5 heteroatoms. The van der Waals surface area contributed by atoms with Gasteiger partial charge in [-0.05, 0) is 12.1 Å². The first kappa shape index (κ1) is 10.9. The Labute approximate surface area is 103 Å². The summed E-state index contributed by atoms with van der Waals surface area (Å²) in [7, 11) is 0. The summed E-state index contributed by atoms with van der Waals surface area (Å²) >= 11 is 0. The minimum absolute atomic E-state index is 0.190. The highest BCUT2D eigenvalue weighted by Gasteiger charge is 2.09. The van der Waals surface area contributed by atoms with Crippen LogP contribution in [0.3, 0.4) is 0 Å². The van der Waals surface area contributed by atoms with E-state index in [1.54, 1.807) is 12.3 Å². The van der Waals surface area contributed by atoms with Gasteiger partial charge in [-0.2, -0.15) is 0 Å². The van der Waals surface area contributed by atoms with E-state index in [2.05, 4.69) is 15.0 Å². The quantitative estimate of drug-likeness (QED) is 0.724. The second kappa shape index (κ2) is 4.19. The number of halogens is 1. The summed E-state index contributed by atoms with van der Waals surface area (Å²) < 4.78 is 13.7. The molecule has 0 aliphatic carbocycles. The lowest BCUT2D eigenvalue weighted by Gasteiger charge is -2.05. The van der Waals surface area contributed by atoms with E-state index in [9.17, 15) is 4.39 Å². The van der Waals surface area contributed by atoms with E-state index in [-0.39, 0.29) is 12.4 Å². The molecule has 0 amide bonds. The second-order valence-corrected chi connectivity index (χ2v) is 3.97. The van der Waals surface area contributed by atoms with Gasteiger partial charge in [-0.25, -0.2) is 14.4 Å². The number of rotatable bonds is 2. The Hall–Kier alpha value is -2.27. The molecule has 3 rings (SSSR count). The molecule has 90 valence electrons. The first-order chi connectivity index (χ1) is 8.79. The van der Waals surface area contributed by atoms with Crippen molar-refractivity contribution in [1.82, 2.24) is 15.0 Å². The van der Waals surface area contributed by atoms with Crippen LogP contribution >= 0.6 is 0 Å². The van der Waals surface area contributed by atoms with Gasteiger partial charge in [-0.1, -0.05) is 12.1 Å². The number of fused-ring (bicyclic) bond motifs is 1. The molecular formula is C13H11FN4. The van der Waals surface area contributed by atoms with E-state index in [1.807, 2.05) is 12.1 Å². The molecule has 0 atom stereocenters. The summed E-state index contributed by atoms with van der Waals surface area (Å²) in [4.78, 5) is 11.3. The first-order valence-corrected chi connectivity index (χ1v) is 5.56. The average molecular weight is 242 g/mol. The van der Waals surface area contributed by atoms with Gasteiger partial charge in [-0.15, -0.1) is 0 Å². The molecule has 0 spiro atoms. The molecule has 4 nitrogen and oxygen atoms in total. The zero-order chi connectivity index (χ0) is 12.5. The Morgan fingerprint density at radius 2 is 2.11 bits per heavy atom. The van der Waals surface area contributed by atoms with Crippen LogP contribution in [0.15, 0.2) is 36.8 Å². The minimum atomic E-state index is -0.308. The topological polar surface area (TPSA) is 67.6 Å². The molecule has 18 heavy (non-hydrogen) atoms. The fraction of sp³-hybridized carbons (Fsp3) is 0.0769. The van der Waals surface area contributed by atoms with Crippen molar-refractivity contribution >= 4 is 11.0 Å². The summed E-state index contributed by atoms with van der Waals surface area (Å²) in [6.07, 6.45) is 3.25. The number of nitrogens with one attached hydrogen (secondary N) is 1. The van der Waals surface area contributed by atoms with Crippen LogP contribution in [-0.4, -0.2) is 15.0 Å². The lowest BCUT2D eigenvalue weighted by molar-refractivity contribution is 0.611. The van der Waals surface area contributed by atoms with E-state index >= 15 is 0 Å². The van der Waals surface area contributed by atoms with Gasteiger partial charge in [0, 0.05) is 29.3 Å². The van der Waals surface area contributed by atoms with Crippen molar-refractivity contribution in [1.29, 1.82) is 0 Å². The fourth-order valence-corrected chi connectivity index (χ4v) is 1.96. The van der Waals surface area contributed by atoms with Crippen LogP contribution in [-0.2, 0) is 6.54 Å². The molecular weight excluding hydrogens is 231 g/mol. The highest BCUT2D eigenvalue weighted by molar-refractivity contribution is 5.90. The number of aromatic nitrogens is 3. The van der Waals surface area contributed by atoms with Crippen molar-refractivity contribution in [3.63, 3.8) is 0 Å². The van der Waals surface area contributed by atoms with Crippen molar-refractivity contribution in [3.8, 4) is 11.3 Å². The van der Waals surface area contributed by atoms with Crippen molar-refractivity contribution < 1.29 is 4.39 Å². The zero-order valence-electron chi connectivity index (χ0n) is 9.52. The third kappa shape index (κ3) is 1.65. The van der Waals surface area contributed by atoms with E-state index in [0.29, 0.717) is 11.3 Å². The number of hydrogen-bond acceptors (Lipinski definition) is 3. The van der Waals surface area contributed by atoms with Crippen LogP contribution in [0.5, 0.6) is 0 Å². The highest BCUT2D eigenvalue weighted by Crippen LogP contribution is 2.25. The van der Waals surface area contributed by atoms with Crippen LogP contribution in [0.1, 0.15) is 5.56 Å². The van der Waals surface area contributed by atoms with Crippen molar-refractivity contribution in [2.75, 3.05) is 0 Å². The predicted molar refractivity (Wildman–Crippen MR) is 67.2 cm³/mol. The molecule has 0 aliphatic rings. The van der Waals surface area contributed by atoms with E-state index in [1.165, 1.54) is 12.4 Å². The van der Waals surface area contributed by atoms with Gasteiger partial charge in [0.05, 0.1) is 5.69 Å². The summed E-state index contributed by atoms with van der Waals surface area (Å²) in [6.45, 7) is 0.190. The Morgan fingerprint density at radius 1 is 1.22 bits per heavy atom. The Kier molecular flexibility index (Phi) is 2.53. The predicted octanol–water partition coefficient (Wildman–Crippen LogP) is 2.22. The van der Waals surface area contributed by atoms with E-state index in [4.69, 9.17) is 5.73 Å². The lowest BCUT2D eigenvalue weighted by atomic mass is 10.1. The third-order valence-electron chi connectivity index (χ3n) is 2.90. The smallest absolute Gasteiger partial charge is 0.141 e. The van der Waals surface area contributed by atoms with Gasteiger partial charge < -0.3 is 10.7 Å². The molecule has 0 unspecified atom stereocenters. The SMILES string of the molecule is NCc1ccc(-c2ncnc3[nH]ccc23)cc1F. The average Bonchev–Trinajstić information content (AvgIpc) is 2.86. The standard InChI is InChI=1S/C13H11FN4/c14-11-5-8(1-2-9(11)6-15)12-10-3-4-16-13(10)18-7-17-12/h1-5,7H,6,15H2,(H,16,17,18). The molecule has 0 fully saturated rings. The van der Waals surface area contributed by atoms with Gasteiger partial charge in [0.15, 0.2) is 0 Å². The Morgan fingerprint density at radius 3 is 2.89 bits per heavy atom. The van der Waals surface area contributed by atoms with Crippen LogP contribution < -0.4 is 5.73 Å². The van der Waals surface area contributed by atoms with Gasteiger partial charge >= 0.3 is 0 Å². The van der Waals surface area contributed by atoms with Crippen molar-refractivity contribution in [2.24, 2.45) is 5.73 Å². The van der Waals surface area contributed by atoms with Crippen molar-refractivity contribution in [3.05, 3.63) is 48.2 Å². The van der Waals surface area contributed by atoms with Crippen LogP contribution in [0.4, 0.5) is 4.39 Å². The monoisotopic (exact) mass is 242 g/mol. The van der Waals surface area contributed by atoms with E-state index in [0.717, 1.165) is 16.6 Å². The van der Waals surface area contributed by atoms with Crippen LogP contribution in [0.2, 0.25) is 0 Å². The van der Waals surface area contributed by atoms with Crippen LogP contribution in [0.25, 0.3) is 22.3 Å². The molecule has 0 saturated heterocycles. The molecule has 3 aromatic rings. The number of nitrogens with zero attached hydrogens (tertiary/aromatic N) is 2. The Bertz CT molecular complexity index is 705. The molecule has 0 aliphatic heterocycles. The Balaban J connectivity index is 2.20. The lowest BCUT2D eigenvalue weighted by Crippen LogP contribution is -1.99. The van der Waals surface area contributed by atoms with Gasteiger partial charge in [0.2, 0.25) is 0 Å². The number of nitrogens with two attached hydrogens (primary N) is 1. The highest BCUT2D eigenvalue weighted by atomic mass is 19.1. The summed E-state index contributed by atoms with van der Waals surface area (Å²) in [5, 5.41) is 0.873. The molecule has 0 saturated carbocycles. The summed E-state index contributed by atoms with van der Waals surface area (Å²) in [5.74, 6) is -0.308. The maximum Gasteiger partial charge on any atom is 0.141 e. The molecule has 2 heterocycles. The van der Waals surface area contributed by atoms with Crippen LogP contribution in [0, 0.1) is 5.82 Å². The second-order valence-electron chi connectivity index (χ2n) is 3.97. The zero-order valence-corrected chi connectivity index (χ0v) is 9.52.